The van der Waals surface area contributed by atoms with E-state index in [0.29, 0.717) is 31.2 Å². The third-order valence-corrected chi connectivity index (χ3v) is 2.48. The number of rotatable bonds is 8. The van der Waals surface area contributed by atoms with Crippen molar-refractivity contribution in [2.24, 2.45) is 5.73 Å². The molecule has 0 spiro atoms. The third-order valence-electron chi connectivity index (χ3n) is 2.48. The standard InChI is InChI=1S/C13H21N3O3/c1-3-4-11(14)13(17)16-10-5-6-12(15-9-10)19-8-7-18-2/h5-6,9,11H,3-4,7-8,14H2,1-2H3,(H,16,17)/t11-/m1/s1. The summed E-state index contributed by atoms with van der Waals surface area (Å²) in [5, 5.41) is 2.71. The van der Waals surface area contributed by atoms with E-state index in [4.69, 9.17) is 15.2 Å². The van der Waals surface area contributed by atoms with Crippen molar-refractivity contribution < 1.29 is 14.3 Å². The van der Waals surface area contributed by atoms with Gasteiger partial charge in [-0.3, -0.25) is 4.79 Å². The van der Waals surface area contributed by atoms with E-state index in [-0.39, 0.29) is 5.91 Å². The number of carbonyl (C=O) groups is 1. The number of amides is 1. The number of carbonyl (C=O) groups excluding carboxylic acids is 1. The zero-order chi connectivity index (χ0) is 14.1. The molecular formula is C13H21N3O3. The van der Waals surface area contributed by atoms with Crippen LogP contribution in [0.1, 0.15) is 19.8 Å². The van der Waals surface area contributed by atoms with Crippen LogP contribution in [0.25, 0.3) is 0 Å². The molecule has 0 aromatic carbocycles. The van der Waals surface area contributed by atoms with E-state index in [1.54, 1.807) is 25.4 Å². The van der Waals surface area contributed by atoms with Gasteiger partial charge in [0.1, 0.15) is 6.61 Å². The predicted octanol–water partition coefficient (Wildman–Crippen LogP) is 1.17. The van der Waals surface area contributed by atoms with E-state index < -0.39 is 6.04 Å². The monoisotopic (exact) mass is 267 g/mol. The molecule has 3 N–H and O–H groups in total. The molecule has 1 aromatic rings. The Morgan fingerprint density at radius 1 is 1.47 bits per heavy atom. The Balaban J connectivity index is 2.45. The minimum absolute atomic E-state index is 0.197. The van der Waals surface area contributed by atoms with Gasteiger partial charge in [-0.05, 0) is 12.5 Å². The average Bonchev–Trinajstić information content (AvgIpc) is 2.41. The summed E-state index contributed by atoms with van der Waals surface area (Å²) in [5.41, 5.74) is 6.32. The fourth-order valence-electron chi connectivity index (χ4n) is 1.45. The summed E-state index contributed by atoms with van der Waals surface area (Å²) in [6, 6.07) is 2.94. The summed E-state index contributed by atoms with van der Waals surface area (Å²) in [7, 11) is 1.61. The van der Waals surface area contributed by atoms with E-state index >= 15 is 0 Å². The molecule has 6 nitrogen and oxygen atoms in total. The molecule has 106 valence electrons. The Labute approximate surface area is 113 Å². The fourth-order valence-corrected chi connectivity index (χ4v) is 1.45. The van der Waals surface area contributed by atoms with Gasteiger partial charge in [-0.2, -0.15) is 0 Å². The molecule has 6 heteroatoms. The Bertz CT molecular complexity index is 381. The molecule has 1 aromatic heterocycles. The number of aromatic nitrogens is 1. The molecule has 0 aliphatic heterocycles. The van der Waals surface area contributed by atoms with Crippen molar-refractivity contribution in [3.63, 3.8) is 0 Å². The van der Waals surface area contributed by atoms with Crippen LogP contribution in [-0.2, 0) is 9.53 Å². The highest BCUT2D eigenvalue weighted by molar-refractivity contribution is 5.94. The topological polar surface area (TPSA) is 86.5 Å². The Morgan fingerprint density at radius 2 is 2.26 bits per heavy atom. The first-order chi connectivity index (χ1) is 9.17. The highest BCUT2D eigenvalue weighted by Crippen LogP contribution is 2.12. The molecule has 0 aliphatic carbocycles. The van der Waals surface area contributed by atoms with Gasteiger partial charge in [0, 0.05) is 13.2 Å². The second-order valence-electron chi connectivity index (χ2n) is 4.11. The van der Waals surface area contributed by atoms with Gasteiger partial charge in [0.15, 0.2) is 0 Å². The molecule has 19 heavy (non-hydrogen) atoms. The van der Waals surface area contributed by atoms with Gasteiger partial charge in [-0.1, -0.05) is 13.3 Å². The van der Waals surface area contributed by atoms with Gasteiger partial charge < -0.3 is 20.5 Å². The minimum atomic E-state index is -0.484. The molecule has 1 heterocycles. The van der Waals surface area contributed by atoms with E-state index in [9.17, 15) is 4.79 Å². The van der Waals surface area contributed by atoms with Crippen LogP contribution in [0.5, 0.6) is 5.88 Å². The molecule has 1 atom stereocenters. The minimum Gasteiger partial charge on any atom is -0.475 e. The quantitative estimate of drug-likeness (QED) is 0.690. The maximum absolute atomic E-state index is 11.7. The molecule has 0 unspecified atom stereocenters. The number of pyridine rings is 1. The first kappa shape index (κ1) is 15.4. The number of hydrogen-bond donors (Lipinski definition) is 2. The zero-order valence-corrected chi connectivity index (χ0v) is 11.4. The second-order valence-corrected chi connectivity index (χ2v) is 4.11. The predicted molar refractivity (Wildman–Crippen MR) is 73.1 cm³/mol. The van der Waals surface area contributed by atoms with E-state index in [0.717, 1.165) is 6.42 Å². The maximum atomic E-state index is 11.7. The van der Waals surface area contributed by atoms with Crippen molar-refractivity contribution >= 4 is 11.6 Å². The van der Waals surface area contributed by atoms with Crippen LogP contribution in [0.15, 0.2) is 18.3 Å². The lowest BCUT2D eigenvalue weighted by molar-refractivity contribution is -0.117. The molecule has 0 saturated heterocycles. The van der Waals surface area contributed by atoms with Crippen LogP contribution in [0, 0.1) is 0 Å². The summed E-state index contributed by atoms with van der Waals surface area (Å²) in [6.07, 6.45) is 3.08. The lowest BCUT2D eigenvalue weighted by Crippen LogP contribution is -2.35. The Hall–Kier alpha value is -1.66. The maximum Gasteiger partial charge on any atom is 0.241 e. The zero-order valence-electron chi connectivity index (χ0n) is 11.4. The molecule has 0 fully saturated rings. The van der Waals surface area contributed by atoms with Crippen molar-refractivity contribution in [3.05, 3.63) is 18.3 Å². The summed E-state index contributed by atoms with van der Waals surface area (Å²) in [5.74, 6) is 0.296. The number of anilines is 1. The summed E-state index contributed by atoms with van der Waals surface area (Å²) >= 11 is 0. The number of nitrogens with one attached hydrogen (secondary N) is 1. The lowest BCUT2D eigenvalue weighted by Gasteiger charge is -2.11. The van der Waals surface area contributed by atoms with E-state index in [1.165, 1.54) is 0 Å². The normalized spacial score (nSPS) is 11.9. The lowest BCUT2D eigenvalue weighted by atomic mass is 10.1. The van der Waals surface area contributed by atoms with Crippen LogP contribution >= 0.6 is 0 Å². The number of ether oxygens (including phenoxy) is 2. The molecule has 1 amide bonds. The second kappa shape index (κ2) is 8.44. The molecular weight excluding hydrogens is 246 g/mol. The third kappa shape index (κ3) is 5.67. The summed E-state index contributed by atoms with van der Waals surface area (Å²) in [4.78, 5) is 15.8. The van der Waals surface area contributed by atoms with Crippen LogP contribution in [0.3, 0.4) is 0 Å². The highest BCUT2D eigenvalue weighted by Gasteiger charge is 2.12. The fraction of sp³-hybridized carbons (Fsp3) is 0.538. The van der Waals surface area contributed by atoms with Crippen LogP contribution < -0.4 is 15.8 Å². The van der Waals surface area contributed by atoms with Crippen LogP contribution in [0.4, 0.5) is 5.69 Å². The van der Waals surface area contributed by atoms with Crippen molar-refractivity contribution in [2.75, 3.05) is 25.6 Å². The van der Waals surface area contributed by atoms with Gasteiger partial charge in [0.05, 0.1) is 24.5 Å². The van der Waals surface area contributed by atoms with Crippen molar-refractivity contribution in [2.45, 2.75) is 25.8 Å². The van der Waals surface area contributed by atoms with Crippen LogP contribution in [-0.4, -0.2) is 37.3 Å². The first-order valence-electron chi connectivity index (χ1n) is 6.31. The van der Waals surface area contributed by atoms with E-state index in [2.05, 4.69) is 10.3 Å². The summed E-state index contributed by atoms with van der Waals surface area (Å²) in [6.45, 7) is 2.93. The largest absolute Gasteiger partial charge is 0.475 e. The molecule has 0 bridgehead atoms. The summed E-state index contributed by atoms with van der Waals surface area (Å²) < 4.78 is 10.2. The number of hydrogen-bond acceptors (Lipinski definition) is 5. The van der Waals surface area contributed by atoms with Crippen molar-refractivity contribution in [1.29, 1.82) is 0 Å². The van der Waals surface area contributed by atoms with Gasteiger partial charge in [-0.15, -0.1) is 0 Å². The molecule has 0 radical (unpaired) electrons. The van der Waals surface area contributed by atoms with Gasteiger partial charge in [0.25, 0.3) is 0 Å². The molecule has 0 saturated carbocycles. The number of methoxy groups -OCH3 is 1. The molecule has 0 aliphatic rings. The van der Waals surface area contributed by atoms with Gasteiger partial charge >= 0.3 is 0 Å². The van der Waals surface area contributed by atoms with E-state index in [1.807, 2.05) is 6.92 Å². The highest BCUT2D eigenvalue weighted by atomic mass is 16.5. The Kier molecular flexibility index (Phi) is 6.84. The Morgan fingerprint density at radius 3 is 2.84 bits per heavy atom. The van der Waals surface area contributed by atoms with Crippen molar-refractivity contribution in [3.8, 4) is 5.88 Å². The van der Waals surface area contributed by atoms with Crippen molar-refractivity contribution in [1.82, 2.24) is 4.98 Å². The SMILES string of the molecule is CCC[C@@H](N)C(=O)Nc1ccc(OCCOC)nc1. The molecule has 1 rings (SSSR count). The average molecular weight is 267 g/mol. The smallest absolute Gasteiger partial charge is 0.241 e. The van der Waals surface area contributed by atoms with Gasteiger partial charge in [-0.25, -0.2) is 4.98 Å². The number of nitrogens with zero attached hydrogens (tertiary/aromatic N) is 1. The van der Waals surface area contributed by atoms with Crippen LogP contribution in [0.2, 0.25) is 0 Å². The number of nitrogens with two attached hydrogens (primary N) is 1. The van der Waals surface area contributed by atoms with Gasteiger partial charge in [0.2, 0.25) is 11.8 Å². The first-order valence-corrected chi connectivity index (χ1v) is 6.31.